The second-order valence-corrected chi connectivity index (χ2v) is 4.67. The van der Waals surface area contributed by atoms with Crippen LogP contribution in [-0.4, -0.2) is 20.5 Å². The molecule has 0 radical (unpaired) electrons. The molecule has 0 atom stereocenters. The number of carboxylic acids is 1. The van der Waals surface area contributed by atoms with Gasteiger partial charge in [0.2, 0.25) is 0 Å². The summed E-state index contributed by atoms with van der Waals surface area (Å²) in [6, 6.07) is 11.5. The van der Waals surface area contributed by atoms with Gasteiger partial charge in [0.05, 0.1) is 11.3 Å². The minimum Gasteiger partial charge on any atom is -0.478 e. The minimum absolute atomic E-state index is 0.253. The number of aromatic nitrogens is 2. The summed E-state index contributed by atoms with van der Waals surface area (Å²) in [5, 5.41) is 8.99. The second kappa shape index (κ2) is 4.81. The largest absolute Gasteiger partial charge is 0.478 e. The first-order valence-corrected chi connectivity index (χ1v) is 6.49. The lowest BCUT2D eigenvalue weighted by molar-refractivity contribution is 0.0696. The molecule has 0 aliphatic heterocycles. The number of carbonyl (C=O) groups is 1. The highest BCUT2D eigenvalue weighted by Gasteiger charge is 2.07. The Morgan fingerprint density at radius 1 is 1.15 bits per heavy atom. The van der Waals surface area contributed by atoms with Crippen molar-refractivity contribution in [3.8, 4) is 11.3 Å². The molecule has 1 N–H and O–H groups in total. The molecule has 0 amide bonds. The zero-order valence-electron chi connectivity index (χ0n) is 11.1. The molecule has 1 aromatic carbocycles. The SMILES string of the molecule is CCc1ccc(-c2cn3cc(C(=O)O)ccc3n2)cc1. The molecule has 100 valence electrons. The molecule has 0 aliphatic carbocycles. The number of hydrogen-bond donors (Lipinski definition) is 1. The Morgan fingerprint density at radius 3 is 2.55 bits per heavy atom. The standard InChI is InChI=1S/C16H14N2O2/c1-2-11-3-5-12(6-4-11)14-10-18-9-13(16(19)20)7-8-15(18)17-14/h3-10H,2H2,1H3,(H,19,20). The van der Waals surface area contributed by atoms with E-state index in [4.69, 9.17) is 5.11 Å². The van der Waals surface area contributed by atoms with Crippen LogP contribution in [0.25, 0.3) is 16.9 Å². The number of benzene rings is 1. The molecule has 0 unspecified atom stereocenters. The first-order chi connectivity index (χ1) is 9.67. The lowest BCUT2D eigenvalue weighted by Crippen LogP contribution is -1.97. The Hall–Kier alpha value is -2.62. The number of aromatic carboxylic acids is 1. The molecule has 0 aliphatic rings. The molecule has 4 heteroatoms. The van der Waals surface area contributed by atoms with Crippen molar-refractivity contribution in [2.45, 2.75) is 13.3 Å². The smallest absolute Gasteiger partial charge is 0.337 e. The van der Waals surface area contributed by atoms with Gasteiger partial charge in [0, 0.05) is 18.0 Å². The van der Waals surface area contributed by atoms with Gasteiger partial charge in [-0.15, -0.1) is 0 Å². The summed E-state index contributed by atoms with van der Waals surface area (Å²) in [4.78, 5) is 15.5. The fraction of sp³-hybridized carbons (Fsp3) is 0.125. The molecule has 0 fully saturated rings. The van der Waals surface area contributed by atoms with E-state index in [1.807, 2.05) is 18.3 Å². The molecule has 2 aromatic heterocycles. The maximum Gasteiger partial charge on any atom is 0.337 e. The summed E-state index contributed by atoms with van der Waals surface area (Å²) in [5.41, 5.74) is 4.15. The van der Waals surface area contributed by atoms with Gasteiger partial charge >= 0.3 is 5.97 Å². The molecule has 0 bridgehead atoms. The third-order valence-electron chi connectivity index (χ3n) is 3.36. The number of rotatable bonds is 3. The van der Waals surface area contributed by atoms with Crippen LogP contribution in [0.4, 0.5) is 0 Å². The van der Waals surface area contributed by atoms with Crippen molar-refractivity contribution < 1.29 is 9.90 Å². The van der Waals surface area contributed by atoms with Gasteiger partial charge in [-0.05, 0) is 24.1 Å². The summed E-state index contributed by atoms with van der Waals surface area (Å²) < 4.78 is 1.74. The second-order valence-electron chi connectivity index (χ2n) is 4.67. The van der Waals surface area contributed by atoms with E-state index in [2.05, 4.69) is 24.0 Å². The first kappa shape index (κ1) is 12.4. The van der Waals surface area contributed by atoms with Gasteiger partial charge in [0.15, 0.2) is 0 Å². The fourth-order valence-electron chi connectivity index (χ4n) is 2.17. The monoisotopic (exact) mass is 266 g/mol. The van der Waals surface area contributed by atoms with E-state index in [0.29, 0.717) is 0 Å². The van der Waals surface area contributed by atoms with Crippen LogP contribution in [0.5, 0.6) is 0 Å². The minimum atomic E-state index is -0.936. The normalized spacial score (nSPS) is 10.8. The molecule has 2 heterocycles. The van der Waals surface area contributed by atoms with Gasteiger partial charge in [-0.25, -0.2) is 9.78 Å². The van der Waals surface area contributed by atoms with Crippen molar-refractivity contribution in [1.82, 2.24) is 9.38 Å². The van der Waals surface area contributed by atoms with Gasteiger partial charge in [-0.3, -0.25) is 0 Å². The van der Waals surface area contributed by atoms with Crippen LogP contribution in [0.3, 0.4) is 0 Å². The van der Waals surface area contributed by atoms with Gasteiger partial charge in [0.25, 0.3) is 0 Å². The zero-order valence-corrected chi connectivity index (χ0v) is 11.1. The predicted octanol–water partition coefficient (Wildman–Crippen LogP) is 3.26. The number of aryl methyl sites for hydroxylation is 1. The average Bonchev–Trinajstić information content (AvgIpc) is 2.90. The summed E-state index contributed by atoms with van der Waals surface area (Å²) in [6.45, 7) is 2.12. The van der Waals surface area contributed by atoms with Crippen LogP contribution in [0, 0.1) is 0 Å². The van der Waals surface area contributed by atoms with Crippen molar-refractivity contribution in [1.29, 1.82) is 0 Å². The number of hydrogen-bond acceptors (Lipinski definition) is 2. The third kappa shape index (κ3) is 2.16. The number of imidazole rings is 1. The molecular formula is C16H14N2O2. The van der Waals surface area contributed by atoms with Crippen molar-refractivity contribution in [3.05, 3.63) is 59.9 Å². The van der Waals surface area contributed by atoms with Crippen LogP contribution in [0.1, 0.15) is 22.8 Å². The lowest BCUT2D eigenvalue weighted by Gasteiger charge is -1.98. The average molecular weight is 266 g/mol. The highest BCUT2D eigenvalue weighted by molar-refractivity contribution is 5.87. The molecule has 3 rings (SSSR count). The molecule has 0 saturated carbocycles. The van der Waals surface area contributed by atoms with Crippen molar-refractivity contribution in [2.24, 2.45) is 0 Å². The van der Waals surface area contributed by atoms with Crippen LogP contribution in [0.15, 0.2) is 48.8 Å². The van der Waals surface area contributed by atoms with E-state index in [1.165, 1.54) is 5.56 Å². The van der Waals surface area contributed by atoms with Crippen LogP contribution in [0.2, 0.25) is 0 Å². The van der Waals surface area contributed by atoms with Gasteiger partial charge in [-0.1, -0.05) is 31.2 Å². The number of pyridine rings is 1. The van der Waals surface area contributed by atoms with E-state index < -0.39 is 5.97 Å². The zero-order chi connectivity index (χ0) is 14.1. The third-order valence-corrected chi connectivity index (χ3v) is 3.36. The highest BCUT2D eigenvalue weighted by Crippen LogP contribution is 2.20. The molecule has 3 aromatic rings. The van der Waals surface area contributed by atoms with Gasteiger partial charge < -0.3 is 9.51 Å². The van der Waals surface area contributed by atoms with Gasteiger partial charge in [-0.2, -0.15) is 0 Å². The topological polar surface area (TPSA) is 54.6 Å². The Bertz CT molecular complexity index is 773. The van der Waals surface area contributed by atoms with Gasteiger partial charge in [0.1, 0.15) is 5.65 Å². The molecule has 0 saturated heterocycles. The Labute approximate surface area is 116 Å². The highest BCUT2D eigenvalue weighted by atomic mass is 16.4. The summed E-state index contributed by atoms with van der Waals surface area (Å²) in [5.74, 6) is -0.936. The van der Waals surface area contributed by atoms with Crippen molar-refractivity contribution in [2.75, 3.05) is 0 Å². The Morgan fingerprint density at radius 2 is 1.90 bits per heavy atom. The number of nitrogens with zero attached hydrogens (tertiary/aromatic N) is 2. The predicted molar refractivity (Wildman–Crippen MR) is 77.0 cm³/mol. The Kier molecular flexibility index (Phi) is 2.99. The van der Waals surface area contributed by atoms with E-state index in [-0.39, 0.29) is 5.56 Å². The van der Waals surface area contributed by atoms with Crippen LogP contribution >= 0.6 is 0 Å². The van der Waals surface area contributed by atoms with Crippen LogP contribution in [-0.2, 0) is 6.42 Å². The van der Waals surface area contributed by atoms with E-state index >= 15 is 0 Å². The maximum absolute atomic E-state index is 11.0. The van der Waals surface area contributed by atoms with Crippen molar-refractivity contribution in [3.63, 3.8) is 0 Å². The van der Waals surface area contributed by atoms with E-state index in [9.17, 15) is 4.79 Å². The molecule has 20 heavy (non-hydrogen) atoms. The lowest BCUT2D eigenvalue weighted by atomic mass is 10.1. The maximum atomic E-state index is 11.0. The quantitative estimate of drug-likeness (QED) is 0.791. The van der Waals surface area contributed by atoms with E-state index in [1.54, 1.807) is 22.7 Å². The Balaban J connectivity index is 2.05. The summed E-state index contributed by atoms with van der Waals surface area (Å²) in [6.07, 6.45) is 4.44. The summed E-state index contributed by atoms with van der Waals surface area (Å²) in [7, 11) is 0. The van der Waals surface area contributed by atoms with Crippen LogP contribution < -0.4 is 0 Å². The molecular weight excluding hydrogens is 252 g/mol. The number of carboxylic acid groups (broad SMARTS) is 1. The van der Waals surface area contributed by atoms with E-state index in [0.717, 1.165) is 23.3 Å². The first-order valence-electron chi connectivity index (χ1n) is 6.49. The fourth-order valence-corrected chi connectivity index (χ4v) is 2.17. The molecule has 0 spiro atoms. The molecule has 4 nitrogen and oxygen atoms in total. The van der Waals surface area contributed by atoms with Crippen molar-refractivity contribution >= 4 is 11.6 Å². The number of fused-ring (bicyclic) bond motifs is 1. The summed E-state index contributed by atoms with van der Waals surface area (Å²) >= 11 is 0.